The maximum atomic E-state index is 12.3. The summed E-state index contributed by atoms with van der Waals surface area (Å²) in [5.41, 5.74) is 1.97. The third kappa shape index (κ3) is 3.72. The summed E-state index contributed by atoms with van der Waals surface area (Å²) in [7, 11) is 0. The number of rotatable bonds is 6. The van der Waals surface area contributed by atoms with Crippen molar-refractivity contribution >= 4 is 11.6 Å². The summed E-state index contributed by atoms with van der Waals surface area (Å²) < 4.78 is 1.40. The number of nitrogens with zero attached hydrogens (tertiary/aromatic N) is 5. The lowest BCUT2D eigenvalue weighted by molar-refractivity contribution is -0.384. The normalized spacial score (nSPS) is 10.5. The Labute approximate surface area is 148 Å². The molecule has 0 radical (unpaired) electrons. The first-order valence-electron chi connectivity index (χ1n) is 7.91. The molecule has 2 aromatic heterocycles. The second-order valence-electron chi connectivity index (χ2n) is 5.54. The van der Waals surface area contributed by atoms with Gasteiger partial charge in [-0.25, -0.2) is 4.68 Å². The largest absolute Gasteiger partial charge is 0.350 e. The van der Waals surface area contributed by atoms with Crippen molar-refractivity contribution < 1.29 is 9.72 Å². The van der Waals surface area contributed by atoms with E-state index in [1.165, 1.54) is 16.8 Å². The van der Waals surface area contributed by atoms with Crippen molar-refractivity contribution in [2.45, 2.75) is 13.3 Å². The first kappa shape index (κ1) is 17.2. The molecule has 0 aliphatic carbocycles. The van der Waals surface area contributed by atoms with Gasteiger partial charge in [-0.1, -0.05) is 17.3 Å². The molecule has 3 aromatic rings. The third-order valence-electron chi connectivity index (χ3n) is 3.79. The second kappa shape index (κ2) is 7.51. The van der Waals surface area contributed by atoms with Crippen LogP contribution in [0.25, 0.3) is 5.69 Å². The lowest BCUT2D eigenvalue weighted by Crippen LogP contribution is -2.27. The van der Waals surface area contributed by atoms with Crippen LogP contribution in [0.1, 0.15) is 21.9 Å². The maximum absolute atomic E-state index is 12.3. The van der Waals surface area contributed by atoms with E-state index in [4.69, 9.17) is 0 Å². The summed E-state index contributed by atoms with van der Waals surface area (Å²) in [6.07, 6.45) is 2.30. The number of hydrogen-bond donors (Lipinski definition) is 1. The molecule has 1 N–H and O–H groups in total. The number of nitro benzene ring substituents is 1. The fourth-order valence-corrected chi connectivity index (χ4v) is 2.46. The number of pyridine rings is 1. The molecular weight excluding hydrogens is 336 g/mol. The molecule has 0 bridgehead atoms. The molecule has 0 saturated carbocycles. The van der Waals surface area contributed by atoms with Crippen LogP contribution >= 0.6 is 0 Å². The third-order valence-corrected chi connectivity index (χ3v) is 3.79. The van der Waals surface area contributed by atoms with Crippen molar-refractivity contribution in [1.29, 1.82) is 0 Å². The van der Waals surface area contributed by atoms with Crippen LogP contribution in [0.5, 0.6) is 0 Å². The van der Waals surface area contributed by atoms with Crippen molar-refractivity contribution in [3.8, 4) is 5.69 Å². The number of amides is 1. The van der Waals surface area contributed by atoms with Crippen LogP contribution in [0.3, 0.4) is 0 Å². The molecule has 0 saturated heterocycles. The molecule has 0 atom stereocenters. The van der Waals surface area contributed by atoms with Crippen LogP contribution in [0, 0.1) is 17.0 Å². The van der Waals surface area contributed by atoms with Gasteiger partial charge in [-0.15, -0.1) is 5.10 Å². The number of nitrogens with one attached hydrogen (secondary N) is 1. The van der Waals surface area contributed by atoms with Crippen LogP contribution < -0.4 is 5.32 Å². The molecule has 0 aliphatic rings. The van der Waals surface area contributed by atoms with Gasteiger partial charge in [0.15, 0.2) is 5.69 Å². The van der Waals surface area contributed by atoms with Gasteiger partial charge < -0.3 is 5.32 Å². The summed E-state index contributed by atoms with van der Waals surface area (Å²) in [4.78, 5) is 26.9. The van der Waals surface area contributed by atoms with Crippen molar-refractivity contribution in [1.82, 2.24) is 25.3 Å². The molecule has 0 fully saturated rings. The molecule has 2 heterocycles. The Balaban J connectivity index is 1.71. The van der Waals surface area contributed by atoms with Crippen LogP contribution in [-0.2, 0) is 6.42 Å². The molecule has 1 aromatic carbocycles. The van der Waals surface area contributed by atoms with E-state index >= 15 is 0 Å². The van der Waals surface area contributed by atoms with Gasteiger partial charge in [0.1, 0.15) is 0 Å². The fourth-order valence-electron chi connectivity index (χ4n) is 2.46. The van der Waals surface area contributed by atoms with Gasteiger partial charge in [-0.2, -0.15) is 0 Å². The smallest absolute Gasteiger partial charge is 0.273 e. The van der Waals surface area contributed by atoms with Crippen LogP contribution in [0.2, 0.25) is 0 Å². The SMILES string of the molecule is Cc1c(C(=O)NCCc2ccccn2)nnn1-c1cccc([N+](=O)[O-])c1. The highest BCUT2D eigenvalue weighted by Crippen LogP contribution is 2.18. The Morgan fingerprint density at radius 3 is 2.85 bits per heavy atom. The number of aromatic nitrogens is 4. The summed E-state index contributed by atoms with van der Waals surface area (Å²) in [5.74, 6) is -0.352. The first-order valence-corrected chi connectivity index (χ1v) is 7.91. The molecular formula is C17H16N6O3. The molecule has 1 amide bonds. The highest BCUT2D eigenvalue weighted by molar-refractivity contribution is 5.93. The van der Waals surface area contributed by atoms with Crippen LogP contribution in [-0.4, -0.2) is 37.4 Å². The maximum Gasteiger partial charge on any atom is 0.273 e. The zero-order chi connectivity index (χ0) is 18.5. The number of carbonyl (C=O) groups is 1. The van der Waals surface area contributed by atoms with Crippen LogP contribution in [0.4, 0.5) is 5.69 Å². The molecule has 0 unspecified atom stereocenters. The van der Waals surface area contributed by atoms with Crippen molar-refractivity contribution in [2.75, 3.05) is 6.54 Å². The fraction of sp³-hybridized carbons (Fsp3) is 0.176. The van der Waals surface area contributed by atoms with Gasteiger partial charge >= 0.3 is 0 Å². The number of nitro groups is 1. The van der Waals surface area contributed by atoms with E-state index in [-0.39, 0.29) is 17.3 Å². The minimum atomic E-state index is -0.485. The summed E-state index contributed by atoms with van der Waals surface area (Å²) in [6, 6.07) is 11.6. The Morgan fingerprint density at radius 2 is 2.12 bits per heavy atom. The van der Waals surface area contributed by atoms with E-state index in [0.717, 1.165) is 5.69 Å². The zero-order valence-electron chi connectivity index (χ0n) is 14.0. The number of carbonyl (C=O) groups excluding carboxylic acids is 1. The van der Waals surface area contributed by atoms with E-state index in [1.807, 2.05) is 18.2 Å². The first-order chi connectivity index (χ1) is 12.6. The van der Waals surface area contributed by atoms with Crippen LogP contribution in [0.15, 0.2) is 48.7 Å². The standard InChI is InChI=1S/C17H16N6O3/c1-12-16(17(24)19-10-8-13-5-2-3-9-18-13)20-21-22(12)14-6-4-7-15(11-14)23(25)26/h2-7,9,11H,8,10H2,1H3,(H,19,24). The minimum absolute atomic E-state index is 0.0567. The number of benzene rings is 1. The lowest BCUT2D eigenvalue weighted by atomic mass is 10.2. The molecule has 3 rings (SSSR count). The van der Waals surface area contributed by atoms with Crippen molar-refractivity contribution in [2.24, 2.45) is 0 Å². The average molecular weight is 352 g/mol. The second-order valence-corrected chi connectivity index (χ2v) is 5.54. The van der Waals surface area contributed by atoms with Gasteiger partial charge in [-0.05, 0) is 25.1 Å². The van der Waals surface area contributed by atoms with E-state index in [0.29, 0.717) is 24.3 Å². The van der Waals surface area contributed by atoms with Crippen molar-refractivity contribution in [3.63, 3.8) is 0 Å². The summed E-state index contributed by atoms with van der Waals surface area (Å²) in [5, 5.41) is 21.5. The Hall–Kier alpha value is -3.62. The Morgan fingerprint density at radius 1 is 1.27 bits per heavy atom. The highest BCUT2D eigenvalue weighted by Gasteiger charge is 2.18. The lowest BCUT2D eigenvalue weighted by Gasteiger charge is -2.05. The molecule has 0 aliphatic heterocycles. The van der Waals surface area contributed by atoms with Gasteiger partial charge in [0.05, 0.1) is 16.3 Å². The summed E-state index contributed by atoms with van der Waals surface area (Å²) in [6.45, 7) is 2.10. The molecule has 132 valence electrons. The quantitative estimate of drug-likeness (QED) is 0.534. The van der Waals surface area contributed by atoms with Crippen molar-refractivity contribution in [3.05, 3.63) is 75.9 Å². The minimum Gasteiger partial charge on any atom is -0.350 e. The van der Waals surface area contributed by atoms with E-state index in [1.54, 1.807) is 25.3 Å². The Kier molecular flexibility index (Phi) is 4.97. The Bertz CT molecular complexity index is 939. The molecule has 9 heteroatoms. The highest BCUT2D eigenvalue weighted by atomic mass is 16.6. The predicted molar refractivity (Wildman–Crippen MR) is 93.0 cm³/mol. The number of hydrogen-bond acceptors (Lipinski definition) is 6. The molecule has 0 spiro atoms. The molecule has 26 heavy (non-hydrogen) atoms. The predicted octanol–water partition coefficient (Wildman–Crippen LogP) is 1.85. The van der Waals surface area contributed by atoms with E-state index in [9.17, 15) is 14.9 Å². The number of non-ortho nitro benzene ring substituents is 1. The monoisotopic (exact) mass is 352 g/mol. The zero-order valence-corrected chi connectivity index (χ0v) is 14.0. The van der Waals surface area contributed by atoms with Gasteiger partial charge in [0, 0.05) is 37.0 Å². The average Bonchev–Trinajstić information content (AvgIpc) is 3.04. The van der Waals surface area contributed by atoms with Gasteiger partial charge in [0.2, 0.25) is 0 Å². The van der Waals surface area contributed by atoms with E-state index in [2.05, 4.69) is 20.6 Å². The van der Waals surface area contributed by atoms with Gasteiger partial charge in [0.25, 0.3) is 11.6 Å². The van der Waals surface area contributed by atoms with E-state index < -0.39 is 4.92 Å². The molecule has 9 nitrogen and oxygen atoms in total. The topological polar surface area (TPSA) is 116 Å². The van der Waals surface area contributed by atoms with Gasteiger partial charge in [-0.3, -0.25) is 19.9 Å². The summed E-state index contributed by atoms with van der Waals surface area (Å²) >= 11 is 0.